The fraction of sp³-hybridized carbons (Fsp3) is 0.143. The predicted octanol–water partition coefficient (Wildman–Crippen LogP) is 1.84. The van der Waals surface area contributed by atoms with Gasteiger partial charge in [0.15, 0.2) is 5.75 Å². The molecule has 8 nitrogen and oxygen atoms in total. The van der Waals surface area contributed by atoms with E-state index in [1.54, 1.807) is 0 Å². The van der Waals surface area contributed by atoms with Crippen molar-refractivity contribution in [2.45, 2.75) is 4.90 Å². The number of benzene rings is 2. The van der Waals surface area contributed by atoms with Crippen molar-refractivity contribution >= 4 is 15.7 Å². The second-order valence-corrected chi connectivity index (χ2v) is 6.14. The van der Waals surface area contributed by atoms with Crippen molar-refractivity contribution in [1.29, 1.82) is 0 Å². The molecule has 2 aromatic carbocycles. The Bertz CT molecular complexity index is 839. The van der Waals surface area contributed by atoms with Crippen LogP contribution in [0.1, 0.15) is 0 Å². The molecule has 0 atom stereocenters. The summed E-state index contributed by atoms with van der Waals surface area (Å²) in [7, 11) is -4.06. The summed E-state index contributed by atoms with van der Waals surface area (Å²) in [6.07, 6.45) is 0. The van der Waals surface area contributed by atoms with Crippen LogP contribution in [0.25, 0.3) is 0 Å². The minimum absolute atomic E-state index is 0.0348. The maximum Gasteiger partial charge on any atom is 0.312 e. The van der Waals surface area contributed by atoms with Crippen molar-refractivity contribution in [2.75, 3.05) is 13.2 Å². The first-order chi connectivity index (χ1) is 11.3. The topological polar surface area (TPSA) is 122 Å². The molecule has 2 rings (SSSR count). The summed E-state index contributed by atoms with van der Waals surface area (Å²) < 4.78 is 45.7. The summed E-state index contributed by atoms with van der Waals surface area (Å²) in [5.74, 6) is -0.0988. The third-order valence-electron chi connectivity index (χ3n) is 2.88. The molecule has 0 unspecified atom stereocenters. The normalized spacial score (nSPS) is 11.1. The molecule has 0 saturated heterocycles. The largest absolute Gasteiger partial charge is 0.490 e. The van der Waals surface area contributed by atoms with E-state index in [2.05, 4.69) is 0 Å². The molecular weight excluding hydrogens is 343 g/mol. The van der Waals surface area contributed by atoms with Crippen LogP contribution >= 0.6 is 0 Å². The lowest BCUT2D eigenvalue weighted by atomic mass is 10.3. The Kier molecular flexibility index (Phi) is 5.31. The van der Waals surface area contributed by atoms with Crippen molar-refractivity contribution in [1.82, 2.24) is 0 Å². The zero-order valence-electron chi connectivity index (χ0n) is 12.2. The standard InChI is InChI=1S/C14H13FN2O6S/c15-10-1-3-11(4-2-10)22-7-8-23-14-6-5-12(24(16,20)21)9-13(14)17(18)19/h1-6,9H,7-8H2,(H2,16,20,21). The van der Waals surface area contributed by atoms with Gasteiger partial charge in [0.05, 0.1) is 9.82 Å². The van der Waals surface area contributed by atoms with Gasteiger partial charge in [-0.1, -0.05) is 0 Å². The quantitative estimate of drug-likeness (QED) is 0.459. The predicted molar refractivity (Wildman–Crippen MR) is 81.9 cm³/mol. The number of ether oxygens (including phenoxy) is 2. The molecule has 0 heterocycles. The molecule has 0 bridgehead atoms. The second-order valence-electron chi connectivity index (χ2n) is 4.58. The minimum atomic E-state index is -4.06. The molecule has 2 N–H and O–H groups in total. The molecule has 10 heteroatoms. The number of halogens is 1. The number of nitrogens with zero attached hydrogens (tertiary/aromatic N) is 1. The fourth-order valence-electron chi connectivity index (χ4n) is 1.78. The molecule has 128 valence electrons. The van der Waals surface area contributed by atoms with Crippen molar-refractivity contribution in [3.05, 3.63) is 58.4 Å². The van der Waals surface area contributed by atoms with Crippen LogP contribution in [0.15, 0.2) is 47.4 Å². The van der Waals surface area contributed by atoms with Gasteiger partial charge >= 0.3 is 5.69 Å². The van der Waals surface area contributed by atoms with E-state index < -0.39 is 26.5 Å². The van der Waals surface area contributed by atoms with Crippen LogP contribution in [-0.4, -0.2) is 26.6 Å². The van der Waals surface area contributed by atoms with Gasteiger partial charge in [-0.15, -0.1) is 0 Å². The molecule has 0 radical (unpaired) electrons. The number of sulfonamides is 1. The second kappa shape index (κ2) is 7.23. The lowest BCUT2D eigenvalue weighted by molar-refractivity contribution is -0.386. The smallest absolute Gasteiger partial charge is 0.312 e. The highest BCUT2D eigenvalue weighted by Crippen LogP contribution is 2.29. The van der Waals surface area contributed by atoms with Crippen molar-refractivity contribution in [2.24, 2.45) is 5.14 Å². The van der Waals surface area contributed by atoms with Gasteiger partial charge in [-0.2, -0.15) is 0 Å². The number of nitro benzene ring substituents is 1. The van der Waals surface area contributed by atoms with E-state index in [4.69, 9.17) is 14.6 Å². The zero-order valence-corrected chi connectivity index (χ0v) is 13.0. The van der Waals surface area contributed by atoms with Gasteiger partial charge < -0.3 is 9.47 Å². The monoisotopic (exact) mass is 356 g/mol. The van der Waals surface area contributed by atoms with Crippen molar-refractivity contribution < 1.29 is 27.2 Å². The van der Waals surface area contributed by atoms with Crippen LogP contribution in [0, 0.1) is 15.9 Å². The Labute approximate surface area is 136 Å². The van der Waals surface area contributed by atoms with E-state index in [-0.39, 0.29) is 23.9 Å². The van der Waals surface area contributed by atoms with Gasteiger partial charge in [-0.3, -0.25) is 10.1 Å². The molecular formula is C14H13FN2O6S. The summed E-state index contributed by atoms with van der Waals surface area (Å²) in [6, 6.07) is 8.40. The third-order valence-corrected chi connectivity index (χ3v) is 3.79. The lowest BCUT2D eigenvalue weighted by Gasteiger charge is -2.09. The molecule has 0 fully saturated rings. The molecule has 0 aromatic heterocycles. The van der Waals surface area contributed by atoms with Gasteiger partial charge in [0, 0.05) is 6.07 Å². The molecule has 0 amide bonds. The number of rotatable bonds is 7. The highest BCUT2D eigenvalue weighted by Gasteiger charge is 2.20. The zero-order chi connectivity index (χ0) is 17.7. The summed E-state index contributed by atoms with van der Waals surface area (Å²) in [6.45, 7) is 0.0205. The average Bonchev–Trinajstić information content (AvgIpc) is 2.52. The summed E-state index contributed by atoms with van der Waals surface area (Å²) in [5, 5.41) is 15.9. The summed E-state index contributed by atoms with van der Waals surface area (Å²) >= 11 is 0. The number of hydrogen-bond donors (Lipinski definition) is 1. The Balaban J connectivity index is 2.01. The van der Waals surface area contributed by atoms with Gasteiger partial charge in [0.25, 0.3) is 0 Å². The first-order valence-corrected chi connectivity index (χ1v) is 8.14. The van der Waals surface area contributed by atoms with E-state index in [1.807, 2.05) is 0 Å². The van der Waals surface area contributed by atoms with Gasteiger partial charge in [0.2, 0.25) is 10.0 Å². The highest BCUT2D eigenvalue weighted by molar-refractivity contribution is 7.89. The maximum atomic E-state index is 12.7. The van der Waals surface area contributed by atoms with Gasteiger partial charge in [0.1, 0.15) is 24.8 Å². The van der Waals surface area contributed by atoms with E-state index in [1.165, 1.54) is 24.3 Å². The minimum Gasteiger partial charge on any atom is -0.490 e. The maximum absolute atomic E-state index is 12.7. The van der Waals surface area contributed by atoms with Crippen LogP contribution in [0.5, 0.6) is 11.5 Å². The Hall–Kier alpha value is -2.72. The SMILES string of the molecule is NS(=O)(=O)c1ccc(OCCOc2ccc(F)cc2)c([N+](=O)[O-])c1. The first-order valence-electron chi connectivity index (χ1n) is 6.60. The average molecular weight is 356 g/mol. The van der Waals surface area contributed by atoms with Crippen LogP contribution in [0.2, 0.25) is 0 Å². The Morgan fingerprint density at radius 2 is 1.71 bits per heavy atom. The Morgan fingerprint density at radius 3 is 2.29 bits per heavy atom. The van der Waals surface area contributed by atoms with Crippen molar-refractivity contribution in [3.63, 3.8) is 0 Å². The number of hydrogen-bond acceptors (Lipinski definition) is 6. The molecule has 2 aromatic rings. The molecule has 0 aliphatic rings. The van der Waals surface area contributed by atoms with E-state index >= 15 is 0 Å². The lowest BCUT2D eigenvalue weighted by Crippen LogP contribution is -2.13. The number of primary sulfonamides is 1. The summed E-state index contributed by atoms with van der Waals surface area (Å²) in [5.41, 5.74) is -0.525. The number of nitrogens with two attached hydrogens (primary N) is 1. The van der Waals surface area contributed by atoms with Gasteiger partial charge in [-0.25, -0.2) is 17.9 Å². The molecule has 0 saturated carbocycles. The highest BCUT2D eigenvalue weighted by atomic mass is 32.2. The van der Waals surface area contributed by atoms with Crippen molar-refractivity contribution in [3.8, 4) is 11.5 Å². The fourth-order valence-corrected chi connectivity index (χ4v) is 2.31. The van der Waals surface area contributed by atoms with E-state index in [0.29, 0.717) is 5.75 Å². The van der Waals surface area contributed by atoms with E-state index in [9.17, 15) is 22.9 Å². The molecule has 24 heavy (non-hydrogen) atoms. The van der Waals surface area contributed by atoms with Crippen LogP contribution in [0.4, 0.5) is 10.1 Å². The van der Waals surface area contributed by atoms with Gasteiger partial charge in [-0.05, 0) is 36.4 Å². The van der Waals surface area contributed by atoms with Crippen LogP contribution in [0.3, 0.4) is 0 Å². The molecule has 0 spiro atoms. The van der Waals surface area contributed by atoms with Crippen LogP contribution < -0.4 is 14.6 Å². The Morgan fingerprint density at radius 1 is 1.08 bits per heavy atom. The molecule has 0 aliphatic carbocycles. The first kappa shape index (κ1) is 17.6. The number of nitro groups is 1. The third kappa shape index (κ3) is 4.64. The summed E-state index contributed by atoms with van der Waals surface area (Å²) in [4.78, 5) is 9.85. The van der Waals surface area contributed by atoms with Crippen LogP contribution in [-0.2, 0) is 10.0 Å². The molecule has 0 aliphatic heterocycles. The van der Waals surface area contributed by atoms with E-state index in [0.717, 1.165) is 18.2 Å².